The summed E-state index contributed by atoms with van der Waals surface area (Å²) in [4.78, 5) is 11.2. The van der Waals surface area contributed by atoms with E-state index in [0.717, 1.165) is 32.1 Å². The van der Waals surface area contributed by atoms with E-state index in [0.29, 0.717) is 6.42 Å². The van der Waals surface area contributed by atoms with Gasteiger partial charge in [0.15, 0.2) is 0 Å². The number of primary amides is 1. The Balaban J connectivity index is 2.27. The van der Waals surface area contributed by atoms with E-state index in [1.54, 1.807) is 0 Å². The van der Waals surface area contributed by atoms with E-state index in [1.165, 1.54) is 5.56 Å². The molecular weight excluding hydrogens is 272 g/mol. The number of nitrogens with two attached hydrogens (primary N) is 1. The number of carbonyl (C=O) groups excluding carboxylic acids is 1. The zero-order valence-corrected chi connectivity index (χ0v) is 13.4. The Morgan fingerprint density at radius 3 is 2.59 bits per heavy atom. The molecule has 0 aliphatic heterocycles. The minimum atomic E-state index is -0.252. The van der Waals surface area contributed by atoms with Crippen LogP contribution in [0.25, 0.3) is 0 Å². The fourth-order valence-corrected chi connectivity index (χ4v) is 2.46. The van der Waals surface area contributed by atoms with Gasteiger partial charge < -0.3 is 5.73 Å². The van der Waals surface area contributed by atoms with Crippen molar-refractivity contribution in [3.63, 3.8) is 0 Å². The molecular formula is C19H26N2O. The number of nitrogens with zero attached hydrogens (tertiary/aromatic N) is 1. The quantitative estimate of drug-likeness (QED) is 0.663. The van der Waals surface area contributed by atoms with Crippen LogP contribution in [-0.4, -0.2) is 5.91 Å². The van der Waals surface area contributed by atoms with Crippen LogP contribution in [0.4, 0.5) is 0 Å². The average Bonchev–Trinajstić information content (AvgIpc) is 2.53. The van der Waals surface area contributed by atoms with Crippen molar-refractivity contribution in [1.29, 1.82) is 5.26 Å². The molecule has 2 N–H and O–H groups in total. The maximum absolute atomic E-state index is 11.2. The number of benzene rings is 1. The monoisotopic (exact) mass is 298 g/mol. The van der Waals surface area contributed by atoms with Crippen LogP contribution in [0.5, 0.6) is 0 Å². The number of carbonyl (C=O) groups is 1. The van der Waals surface area contributed by atoms with Crippen LogP contribution in [0.15, 0.2) is 42.5 Å². The Morgan fingerprint density at radius 1 is 1.27 bits per heavy atom. The first-order valence-corrected chi connectivity index (χ1v) is 8.05. The Kier molecular flexibility index (Phi) is 8.67. The number of allylic oxidation sites excluding steroid dienone is 2. The van der Waals surface area contributed by atoms with Gasteiger partial charge in [-0.15, -0.1) is 0 Å². The van der Waals surface area contributed by atoms with Crippen molar-refractivity contribution in [2.45, 2.75) is 45.4 Å². The van der Waals surface area contributed by atoms with Crippen molar-refractivity contribution in [2.75, 3.05) is 0 Å². The predicted molar refractivity (Wildman–Crippen MR) is 89.8 cm³/mol. The molecule has 0 fully saturated rings. The Labute approximate surface area is 133 Å². The largest absolute Gasteiger partial charge is 0.369 e. The normalized spacial score (nSPS) is 13.6. The maximum Gasteiger partial charge on any atom is 0.220 e. The minimum absolute atomic E-state index is 0.0265. The second-order valence-electron chi connectivity index (χ2n) is 5.64. The molecule has 0 bridgehead atoms. The van der Waals surface area contributed by atoms with Crippen molar-refractivity contribution >= 4 is 5.91 Å². The summed E-state index contributed by atoms with van der Waals surface area (Å²) in [5, 5.41) is 9.18. The van der Waals surface area contributed by atoms with E-state index in [4.69, 9.17) is 5.73 Å². The molecule has 0 saturated carbocycles. The Morgan fingerprint density at radius 2 is 2.00 bits per heavy atom. The lowest BCUT2D eigenvalue weighted by Crippen LogP contribution is -2.23. The minimum Gasteiger partial charge on any atom is -0.369 e. The van der Waals surface area contributed by atoms with E-state index in [-0.39, 0.29) is 17.7 Å². The van der Waals surface area contributed by atoms with Gasteiger partial charge in [-0.3, -0.25) is 4.79 Å². The fraction of sp³-hybridized carbons (Fsp3) is 0.474. The number of nitriles is 1. The van der Waals surface area contributed by atoms with E-state index in [9.17, 15) is 10.1 Å². The smallest absolute Gasteiger partial charge is 0.220 e. The summed E-state index contributed by atoms with van der Waals surface area (Å²) in [6.07, 6.45) is 9.18. The molecule has 0 aromatic heterocycles. The molecule has 0 saturated heterocycles. The molecule has 1 rings (SSSR count). The van der Waals surface area contributed by atoms with E-state index < -0.39 is 0 Å². The number of hydrogen-bond donors (Lipinski definition) is 1. The van der Waals surface area contributed by atoms with Crippen molar-refractivity contribution in [3.8, 4) is 6.07 Å². The van der Waals surface area contributed by atoms with Gasteiger partial charge >= 0.3 is 0 Å². The first kappa shape index (κ1) is 18.0. The van der Waals surface area contributed by atoms with Gasteiger partial charge in [0, 0.05) is 11.8 Å². The molecule has 1 aromatic carbocycles. The van der Waals surface area contributed by atoms with Crippen molar-refractivity contribution in [1.82, 2.24) is 0 Å². The summed E-state index contributed by atoms with van der Waals surface area (Å²) in [5.74, 6) is -0.378. The number of aryl methyl sites for hydroxylation is 1. The molecule has 0 aliphatic carbocycles. The molecule has 3 nitrogen and oxygen atoms in total. The molecule has 0 heterocycles. The summed E-state index contributed by atoms with van der Waals surface area (Å²) in [6, 6.07) is 12.7. The van der Waals surface area contributed by atoms with Crippen LogP contribution in [0.3, 0.4) is 0 Å². The number of hydrogen-bond acceptors (Lipinski definition) is 2. The van der Waals surface area contributed by atoms with Gasteiger partial charge in [-0.05, 0) is 44.1 Å². The summed E-state index contributed by atoms with van der Waals surface area (Å²) < 4.78 is 0. The third kappa shape index (κ3) is 7.08. The molecule has 0 spiro atoms. The summed E-state index contributed by atoms with van der Waals surface area (Å²) in [6.45, 7) is 1.96. The Hall–Kier alpha value is -2.08. The highest BCUT2D eigenvalue weighted by Gasteiger charge is 2.15. The molecule has 118 valence electrons. The van der Waals surface area contributed by atoms with Gasteiger partial charge in [-0.25, -0.2) is 0 Å². The molecule has 0 aliphatic rings. The van der Waals surface area contributed by atoms with Gasteiger partial charge in [0.1, 0.15) is 0 Å². The van der Waals surface area contributed by atoms with Gasteiger partial charge in [-0.2, -0.15) is 5.26 Å². The van der Waals surface area contributed by atoms with Crippen molar-refractivity contribution in [2.24, 2.45) is 17.6 Å². The number of amides is 1. The lowest BCUT2D eigenvalue weighted by atomic mass is 9.92. The molecule has 2 unspecified atom stereocenters. The van der Waals surface area contributed by atoms with Gasteiger partial charge in [0.05, 0.1) is 6.07 Å². The van der Waals surface area contributed by atoms with E-state index in [1.807, 2.05) is 25.1 Å². The fourth-order valence-electron chi connectivity index (χ4n) is 2.46. The zero-order chi connectivity index (χ0) is 16.2. The van der Waals surface area contributed by atoms with Gasteiger partial charge in [0.2, 0.25) is 5.91 Å². The summed E-state index contributed by atoms with van der Waals surface area (Å²) in [5.41, 5.74) is 6.66. The highest BCUT2D eigenvalue weighted by Crippen LogP contribution is 2.18. The maximum atomic E-state index is 11.2. The van der Waals surface area contributed by atoms with Crippen LogP contribution < -0.4 is 5.73 Å². The molecule has 2 atom stereocenters. The lowest BCUT2D eigenvalue weighted by molar-refractivity contribution is -0.122. The van der Waals surface area contributed by atoms with Crippen LogP contribution >= 0.6 is 0 Å². The van der Waals surface area contributed by atoms with Crippen LogP contribution in [0.1, 0.15) is 44.6 Å². The summed E-state index contributed by atoms with van der Waals surface area (Å²) in [7, 11) is 0. The highest BCUT2D eigenvalue weighted by molar-refractivity contribution is 5.76. The molecule has 1 amide bonds. The van der Waals surface area contributed by atoms with Crippen molar-refractivity contribution in [3.05, 3.63) is 48.0 Å². The summed E-state index contributed by atoms with van der Waals surface area (Å²) >= 11 is 0. The molecule has 0 radical (unpaired) electrons. The predicted octanol–water partition coefficient (Wildman–Crippen LogP) is 4.00. The first-order chi connectivity index (χ1) is 10.7. The van der Waals surface area contributed by atoms with E-state index in [2.05, 4.69) is 30.4 Å². The third-order valence-corrected chi connectivity index (χ3v) is 3.97. The first-order valence-electron chi connectivity index (χ1n) is 8.05. The van der Waals surface area contributed by atoms with Gasteiger partial charge in [0.25, 0.3) is 0 Å². The van der Waals surface area contributed by atoms with Crippen molar-refractivity contribution < 1.29 is 4.79 Å². The van der Waals surface area contributed by atoms with Crippen LogP contribution in [0, 0.1) is 23.2 Å². The average molecular weight is 298 g/mol. The topological polar surface area (TPSA) is 66.9 Å². The molecule has 3 heteroatoms. The second kappa shape index (κ2) is 10.6. The SMILES string of the molecule is CCC(CCC(C#N)C/C=C/CCc1ccccc1)C(N)=O. The zero-order valence-electron chi connectivity index (χ0n) is 13.4. The van der Waals surface area contributed by atoms with Crippen LogP contribution in [0.2, 0.25) is 0 Å². The Bertz CT molecular complexity index is 502. The lowest BCUT2D eigenvalue weighted by Gasteiger charge is -2.12. The van der Waals surface area contributed by atoms with E-state index >= 15 is 0 Å². The second-order valence-corrected chi connectivity index (χ2v) is 5.64. The number of rotatable bonds is 10. The van der Waals surface area contributed by atoms with Gasteiger partial charge in [-0.1, -0.05) is 49.4 Å². The third-order valence-electron chi connectivity index (χ3n) is 3.97. The van der Waals surface area contributed by atoms with Crippen LogP contribution in [-0.2, 0) is 11.2 Å². The highest BCUT2D eigenvalue weighted by atomic mass is 16.1. The molecule has 1 aromatic rings. The standard InChI is InChI=1S/C19H26N2O/c1-2-18(19(21)22)14-13-17(15-20)12-8-4-7-11-16-9-5-3-6-10-16/h3-6,8-10,17-18H,2,7,11-14H2,1H3,(H2,21,22)/b8-4+. The molecule has 22 heavy (non-hydrogen) atoms.